The van der Waals surface area contributed by atoms with Crippen molar-refractivity contribution in [3.63, 3.8) is 0 Å². The van der Waals surface area contributed by atoms with Crippen molar-refractivity contribution in [2.45, 2.75) is 38.6 Å². The fourth-order valence-electron chi connectivity index (χ4n) is 5.14. The number of fused-ring (bicyclic) bond motifs is 1. The van der Waals surface area contributed by atoms with Crippen LogP contribution in [-0.2, 0) is 24.4 Å². The number of rotatable bonds is 9. The summed E-state index contributed by atoms with van der Waals surface area (Å²) in [6, 6.07) is 15.2. The van der Waals surface area contributed by atoms with E-state index in [2.05, 4.69) is 25.4 Å². The number of imidazole rings is 1. The summed E-state index contributed by atoms with van der Waals surface area (Å²) in [7, 11) is -1.53. The van der Waals surface area contributed by atoms with E-state index in [1.165, 1.54) is 6.07 Å². The summed E-state index contributed by atoms with van der Waals surface area (Å²) in [5, 5.41) is 19.4. The Kier molecular flexibility index (Phi) is 7.81. The molecule has 2 aliphatic rings. The molecular weight excluding hydrogens is 524 g/mol. The second kappa shape index (κ2) is 11.8. The summed E-state index contributed by atoms with van der Waals surface area (Å²) in [6.45, 7) is 10.7. The summed E-state index contributed by atoms with van der Waals surface area (Å²) in [5.41, 5.74) is 4.71. The Morgan fingerprint density at radius 1 is 1.15 bits per heavy atom. The molecule has 9 nitrogen and oxygen atoms in total. The largest absolute Gasteiger partial charge is 0.488 e. The maximum absolute atomic E-state index is 14.2. The molecule has 0 spiro atoms. The number of ether oxygens (including phenoxy) is 2. The van der Waals surface area contributed by atoms with E-state index in [9.17, 15) is 14.4 Å². The standard InChI is InChI=1S/C30H29BFN5O4/c1-33-23-7-5-21(25(32)16-23)19-41-30-4-2-3-26(35-30)20-9-12-36(13-10-20)18-29-34-27-8-6-22(31(38)39)15-28(27)37(29)17-24-11-14-40-24/h2-9,15-16,24,38-39H,10-14,17-19H2. The summed E-state index contributed by atoms with van der Waals surface area (Å²) < 4.78 is 27.8. The maximum atomic E-state index is 14.2. The molecule has 1 unspecified atom stereocenters. The zero-order chi connectivity index (χ0) is 28.3. The van der Waals surface area contributed by atoms with E-state index in [4.69, 9.17) is 21.0 Å². The molecule has 0 bridgehead atoms. The number of hydrogen-bond acceptors (Lipinski definition) is 7. The van der Waals surface area contributed by atoms with Gasteiger partial charge in [0.2, 0.25) is 5.88 Å². The predicted molar refractivity (Wildman–Crippen MR) is 153 cm³/mol. The van der Waals surface area contributed by atoms with Gasteiger partial charge in [-0.15, -0.1) is 0 Å². The molecule has 6 rings (SSSR count). The van der Waals surface area contributed by atoms with Gasteiger partial charge >= 0.3 is 7.12 Å². The Morgan fingerprint density at radius 2 is 2.02 bits per heavy atom. The van der Waals surface area contributed by atoms with Gasteiger partial charge in [-0.3, -0.25) is 4.90 Å². The highest BCUT2D eigenvalue weighted by molar-refractivity contribution is 6.58. The van der Waals surface area contributed by atoms with E-state index in [0.717, 1.165) is 60.7 Å². The third kappa shape index (κ3) is 6.01. The lowest BCUT2D eigenvalue weighted by molar-refractivity contribution is -0.0591. The average molecular weight is 553 g/mol. The van der Waals surface area contributed by atoms with Crippen molar-refractivity contribution in [2.75, 3.05) is 19.7 Å². The second-order valence-electron chi connectivity index (χ2n) is 10.3. The first-order valence-corrected chi connectivity index (χ1v) is 13.6. The normalized spacial score (nSPS) is 17.1. The number of nitrogens with zero attached hydrogens (tertiary/aromatic N) is 5. The molecule has 2 aromatic carbocycles. The summed E-state index contributed by atoms with van der Waals surface area (Å²) in [6.07, 6.45) is 4.10. The maximum Gasteiger partial charge on any atom is 0.488 e. The van der Waals surface area contributed by atoms with Gasteiger partial charge in [-0.1, -0.05) is 30.3 Å². The molecule has 1 atom stereocenters. The number of benzene rings is 2. The Labute approximate surface area is 237 Å². The second-order valence-corrected chi connectivity index (χ2v) is 10.3. The molecule has 4 heterocycles. The van der Waals surface area contributed by atoms with E-state index >= 15 is 0 Å². The van der Waals surface area contributed by atoms with E-state index in [-0.39, 0.29) is 18.4 Å². The summed E-state index contributed by atoms with van der Waals surface area (Å²) >= 11 is 0. The lowest BCUT2D eigenvalue weighted by Gasteiger charge is -2.29. The molecule has 208 valence electrons. The van der Waals surface area contributed by atoms with Crippen LogP contribution in [0.1, 0.15) is 29.9 Å². The molecule has 2 N–H and O–H groups in total. The van der Waals surface area contributed by atoms with Crippen molar-refractivity contribution in [2.24, 2.45) is 0 Å². The highest BCUT2D eigenvalue weighted by Gasteiger charge is 2.24. The van der Waals surface area contributed by atoms with Crippen LogP contribution in [0.4, 0.5) is 10.1 Å². The van der Waals surface area contributed by atoms with Crippen LogP contribution in [0.15, 0.2) is 60.7 Å². The van der Waals surface area contributed by atoms with Crippen LogP contribution in [0.3, 0.4) is 0 Å². The van der Waals surface area contributed by atoms with Crippen LogP contribution in [0.5, 0.6) is 5.88 Å². The number of halogens is 1. The Morgan fingerprint density at radius 3 is 2.73 bits per heavy atom. The molecule has 0 aliphatic carbocycles. The molecular formula is C30H29BFN5O4. The van der Waals surface area contributed by atoms with Gasteiger partial charge in [-0.25, -0.2) is 19.2 Å². The highest BCUT2D eigenvalue weighted by atomic mass is 19.1. The smallest absolute Gasteiger partial charge is 0.473 e. The molecule has 11 heteroatoms. The number of aromatic nitrogens is 3. The van der Waals surface area contributed by atoms with E-state index in [1.807, 2.05) is 18.2 Å². The Bertz CT molecular complexity index is 1650. The van der Waals surface area contributed by atoms with E-state index in [0.29, 0.717) is 30.0 Å². The zero-order valence-electron chi connectivity index (χ0n) is 22.4. The van der Waals surface area contributed by atoms with Crippen molar-refractivity contribution in [1.82, 2.24) is 19.4 Å². The molecule has 0 radical (unpaired) electrons. The van der Waals surface area contributed by atoms with Crippen molar-refractivity contribution < 1.29 is 23.9 Å². The predicted octanol–water partition coefficient (Wildman–Crippen LogP) is 3.46. The molecule has 41 heavy (non-hydrogen) atoms. The van der Waals surface area contributed by atoms with Crippen LogP contribution in [-0.4, -0.2) is 62.4 Å². The van der Waals surface area contributed by atoms with Crippen LogP contribution in [0, 0.1) is 12.4 Å². The molecule has 1 saturated heterocycles. The molecule has 0 saturated carbocycles. The third-order valence-corrected chi connectivity index (χ3v) is 7.58. The third-order valence-electron chi connectivity index (χ3n) is 7.58. The molecule has 2 aliphatic heterocycles. The highest BCUT2D eigenvalue weighted by Crippen LogP contribution is 2.26. The van der Waals surface area contributed by atoms with Crippen molar-refractivity contribution >= 4 is 34.9 Å². The zero-order valence-corrected chi connectivity index (χ0v) is 22.4. The van der Waals surface area contributed by atoms with Gasteiger partial charge in [0.15, 0.2) is 5.69 Å². The van der Waals surface area contributed by atoms with Gasteiger partial charge in [-0.2, -0.15) is 0 Å². The van der Waals surface area contributed by atoms with Gasteiger partial charge in [-0.05, 0) is 48.1 Å². The minimum atomic E-state index is -1.53. The van der Waals surface area contributed by atoms with Crippen molar-refractivity contribution in [3.05, 3.63) is 95.0 Å². The van der Waals surface area contributed by atoms with Gasteiger partial charge in [0.25, 0.3) is 0 Å². The molecule has 2 aromatic heterocycles. The van der Waals surface area contributed by atoms with E-state index in [1.54, 1.807) is 30.3 Å². The van der Waals surface area contributed by atoms with Crippen molar-refractivity contribution in [1.29, 1.82) is 0 Å². The average Bonchev–Trinajstić information content (AvgIpc) is 3.30. The van der Waals surface area contributed by atoms with Crippen LogP contribution < -0.4 is 10.2 Å². The topological polar surface area (TPSA) is 97.2 Å². The fraction of sp³-hybridized carbons (Fsp3) is 0.300. The number of pyridine rings is 1. The quantitative estimate of drug-likeness (QED) is 0.242. The molecule has 4 aromatic rings. The van der Waals surface area contributed by atoms with Crippen LogP contribution in [0.25, 0.3) is 21.5 Å². The first-order valence-electron chi connectivity index (χ1n) is 13.6. The minimum Gasteiger partial charge on any atom is -0.473 e. The van der Waals surface area contributed by atoms with Crippen LogP contribution in [0.2, 0.25) is 0 Å². The van der Waals surface area contributed by atoms with E-state index < -0.39 is 12.9 Å². The Hall–Kier alpha value is -4.08. The van der Waals surface area contributed by atoms with Gasteiger partial charge < -0.3 is 24.1 Å². The van der Waals surface area contributed by atoms with Crippen LogP contribution >= 0.6 is 0 Å². The van der Waals surface area contributed by atoms with Gasteiger partial charge in [0, 0.05) is 31.3 Å². The van der Waals surface area contributed by atoms with Gasteiger partial charge in [0.05, 0.1) is 42.5 Å². The lowest BCUT2D eigenvalue weighted by atomic mass is 9.80. The number of hydrogen-bond donors (Lipinski definition) is 2. The summed E-state index contributed by atoms with van der Waals surface area (Å²) in [4.78, 5) is 15.1. The lowest BCUT2D eigenvalue weighted by Crippen LogP contribution is -2.34. The minimum absolute atomic E-state index is 0.0268. The summed E-state index contributed by atoms with van der Waals surface area (Å²) in [5.74, 6) is 0.866. The SMILES string of the molecule is [C-]#[N+]c1ccc(COc2cccc(C3=CCN(Cc4nc5ccc(B(O)O)cc5n4CC4CCO4)CC3)n2)c(F)c1. The van der Waals surface area contributed by atoms with Gasteiger partial charge in [0.1, 0.15) is 18.2 Å². The Balaban J connectivity index is 1.14. The monoisotopic (exact) mass is 553 g/mol. The molecule has 0 amide bonds. The first kappa shape index (κ1) is 27.1. The fourth-order valence-corrected chi connectivity index (χ4v) is 5.14. The first-order chi connectivity index (χ1) is 20.0. The molecule has 1 fully saturated rings. The van der Waals surface area contributed by atoms with Crippen molar-refractivity contribution in [3.8, 4) is 5.88 Å².